The van der Waals surface area contributed by atoms with Crippen LogP contribution in [0.1, 0.15) is 18.4 Å². The van der Waals surface area contributed by atoms with Gasteiger partial charge in [0.15, 0.2) is 0 Å². The SMILES string of the molecule is O=C(NCC1CCN(Cc2ccccc2)CC1)C(=O)Nc1cccc(F)c1. The van der Waals surface area contributed by atoms with Gasteiger partial charge in [0.05, 0.1) is 0 Å². The summed E-state index contributed by atoms with van der Waals surface area (Å²) in [6.45, 7) is 3.38. The highest BCUT2D eigenvalue weighted by Gasteiger charge is 2.21. The van der Waals surface area contributed by atoms with Crippen LogP contribution in [0.2, 0.25) is 0 Å². The first-order chi connectivity index (χ1) is 13.1. The highest BCUT2D eigenvalue weighted by atomic mass is 19.1. The maximum Gasteiger partial charge on any atom is 0.313 e. The van der Waals surface area contributed by atoms with Crippen LogP contribution in [0, 0.1) is 11.7 Å². The Labute approximate surface area is 158 Å². The number of carbonyl (C=O) groups is 2. The summed E-state index contributed by atoms with van der Waals surface area (Å²) < 4.78 is 13.1. The molecule has 0 unspecified atom stereocenters. The topological polar surface area (TPSA) is 61.4 Å². The molecule has 2 amide bonds. The summed E-state index contributed by atoms with van der Waals surface area (Å²) in [6.07, 6.45) is 1.97. The largest absolute Gasteiger partial charge is 0.348 e. The summed E-state index contributed by atoms with van der Waals surface area (Å²) in [5, 5.41) is 5.09. The molecular formula is C21H24FN3O2. The van der Waals surface area contributed by atoms with E-state index in [0.29, 0.717) is 12.5 Å². The zero-order valence-corrected chi connectivity index (χ0v) is 15.2. The number of rotatable bonds is 5. The number of nitrogens with one attached hydrogen (secondary N) is 2. The average Bonchev–Trinajstić information content (AvgIpc) is 2.68. The second-order valence-electron chi connectivity index (χ2n) is 6.88. The summed E-state index contributed by atoms with van der Waals surface area (Å²) in [6, 6.07) is 15.8. The lowest BCUT2D eigenvalue weighted by Gasteiger charge is -2.32. The first-order valence-corrected chi connectivity index (χ1v) is 9.21. The van der Waals surface area contributed by atoms with Crippen LogP contribution < -0.4 is 10.6 Å². The second kappa shape index (κ2) is 9.28. The molecule has 0 bridgehead atoms. The van der Waals surface area contributed by atoms with Crippen LogP contribution in [-0.2, 0) is 16.1 Å². The molecule has 1 aliphatic heterocycles. The lowest BCUT2D eigenvalue weighted by atomic mass is 9.96. The number of amides is 2. The molecule has 0 aromatic heterocycles. The van der Waals surface area contributed by atoms with E-state index in [4.69, 9.17) is 0 Å². The average molecular weight is 369 g/mol. The van der Waals surface area contributed by atoms with E-state index in [2.05, 4.69) is 27.7 Å². The monoisotopic (exact) mass is 369 g/mol. The smallest absolute Gasteiger partial charge is 0.313 e. The van der Waals surface area contributed by atoms with Gasteiger partial charge < -0.3 is 10.6 Å². The highest BCUT2D eigenvalue weighted by molar-refractivity contribution is 6.39. The van der Waals surface area contributed by atoms with Crippen molar-refractivity contribution in [3.8, 4) is 0 Å². The summed E-state index contributed by atoms with van der Waals surface area (Å²) in [7, 11) is 0. The van der Waals surface area contributed by atoms with Crippen molar-refractivity contribution < 1.29 is 14.0 Å². The van der Waals surface area contributed by atoms with Crippen LogP contribution in [0.4, 0.5) is 10.1 Å². The normalized spacial score (nSPS) is 15.3. The lowest BCUT2D eigenvalue weighted by Crippen LogP contribution is -2.41. The third-order valence-electron chi connectivity index (χ3n) is 4.80. The quantitative estimate of drug-likeness (QED) is 0.797. The molecule has 142 valence electrons. The van der Waals surface area contributed by atoms with Crippen molar-refractivity contribution in [3.05, 3.63) is 66.0 Å². The van der Waals surface area contributed by atoms with Gasteiger partial charge in [-0.05, 0) is 55.6 Å². The van der Waals surface area contributed by atoms with Gasteiger partial charge in [0.25, 0.3) is 0 Å². The van der Waals surface area contributed by atoms with Crippen LogP contribution in [0.25, 0.3) is 0 Å². The standard InChI is InChI=1S/C21H24FN3O2/c22-18-7-4-8-19(13-18)24-21(27)20(26)23-14-16-9-11-25(12-10-16)15-17-5-2-1-3-6-17/h1-8,13,16H,9-12,14-15H2,(H,23,26)(H,24,27). The Morgan fingerprint density at radius 2 is 1.74 bits per heavy atom. The fraction of sp³-hybridized carbons (Fsp3) is 0.333. The minimum atomic E-state index is -0.776. The molecule has 0 saturated carbocycles. The molecule has 0 atom stereocenters. The molecule has 0 radical (unpaired) electrons. The Morgan fingerprint density at radius 3 is 2.44 bits per heavy atom. The van der Waals surface area contributed by atoms with Crippen molar-refractivity contribution in [2.45, 2.75) is 19.4 Å². The highest BCUT2D eigenvalue weighted by Crippen LogP contribution is 2.18. The van der Waals surface area contributed by atoms with Crippen LogP contribution in [0.5, 0.6) is 0 Å². The van der Waals surface area contributed by atoms with E-state index in [1.54, 1.807) is 0 Å². The molecule has 6 heteroatoms. The van der Waals surface area contributed by atoms with Gasteiger partial charge in [-0.25, -0.2) is 4.39 Å². The van der Waals surface area contributed by atoms with Gasteiger partial charge in [0.2, 0.25) is 0 Å². The van der Waals surface area contributed by atoms with Crippen molar-refractivity contribution in [2.75, 3.05) is 25.0 Å². The van der Waals surface area contributed by atoms with Crippen molar-refractivity contribution >= 4 is 17.5 Å². The molecule has 5 nitrogen and oxygen atoms in total. The van der Waals surface area contributed by atoms with E-state index in [0.717, 1.165) is 32.5 Å². The fourth-order valence-electron chi connectivity index (χ4n) is 3.26. The lowest BCUT2D eigenvalue weighted by molar-refractivity contribution is -0.136. The fourth-order valence-corrected chi connectivity index (χ4v) is 3.26. The van der Waals surface area contributed by atoms with Crippen molar-refractivity contribution in [2.24, 2.45) is 5.92 Å². The van der Waals surface area contributed by atoms with Gasteiger partial charge in [-0.2, -0.15) is 0 Å². The van der Waals surface area contributed by atoms with Crippen molar-refractivity contribution in [3.63, 3.8) is 0 Å². The summed E-state index contributed by atoms with van der Waals surface area (Å²) in [4.78, 5) is 26.3. The summed E-state index contributed by atoms with van der Waals surface area (Å²) in [5.41, 5.74) is 1.57. The van der Waals surface area contributed by atoms with Crippen LogP contribution >= 0.6 is 0 Å². The molecule has 2 N–H and O–H groups in total. The van der Waals surface area contributed by atoms with E-state index >= 15 is 0 Å². The maximum absolute atomic E-state index is 13.1. The van der Waals surface area contributed by atoms with Crippen molar-refractivity contribution in [1.82, 2.24) is 10.2 Å². The number of nitrogens with zero attached hydrogens (tertiary/aromatic N) is 1. The number of piperidine rings is 1. The van der Waals surface area contributed by atoms with E-state index in [9.17, 15) is 14.0 Å². The van der Waals surface area contributed by atoms with E-state index in [1.165, 1.54) is 29.8 Å². The summed E-state index contributed by atoms with van der Waals surface area (Å²) >= 11 is 0. The first-order valence-electron chi connectivity index (χ1n) is 9.21. The third kappa shape index (κ3) is 5.89. The molecule has 1 saturated heterocycles. The molecule has 2 aromatic rings. The Balaban J connectivity index is 1.38. The van der Waals surface area contributed by atoms with Crippen LogP contribution in [0.15, 0.2) is 54.6 Å². The summed E-state index contributed by atoms with van der Waals surface area (Å²) in [5.74, 6) is -1.56. The number of benzene rings is 2. The molecular weight excluding hydrogens is 345 g/mol. The Kier molecular flexibility index (Phi) is 6.54. The second-order valence-corrected chi connectivity index (χ2v) is 6.88. The molecule has 1 aliphatic rings. The number of likely N-dealkylation sites (tertiary alicyclic amines) is 1. The number of hydrogen-bond donors (Lipinski definition) is 2. The molecule has 27 heavy (non-hydrogen) atoms. The first kappa shape index (κ1) is 19.0. The number of carbonyl (C=O) groups excluding carboxylic acids is 2. The molecule has 0 spiro atoms. The third-order valence-corrected chi connectivity index (χ3v) is 4.80. The predicted molar refractivity (Wildman–Crippen MR) is 102 cm³/mol. The van der Waals surface area contributed by atoms with Gasteiger partial charge in [0.1, 0.15) is 5.82 Å². The van der Waals surface area contributed by atoms with Crippen molar-refractivity contribution in [1.29, 1.82) is 0 Å². The predicted octanol–water partition coefficient (Wildman–Crippen LogP) is 2.79. The number of halogens is 1. The van der Waals surface area contributed by atoms with Gasteiger partial charge >= 0.3 is 11.8 Å². The zero-order chi connectivity index (χ0) is 19.1. The van der Waals surface area contributed by atoms with Gasteiger partial charge in [-0.15, -0.1) is 0 Å². The van der Waals surface area contributed by atoms with E-state index in [1.807, 2.05) is 18.2 Å². The number of hydrogen-bond acceptors (Lipinski definition) is 3. The van der Waals surface area contributed by atoms with Crippen LogP contribution in [0.3, 0.4) is 0 Å². The molecule has 3 rings (SSSR count). The Morgan fingerprint density at radius 1 is 1.00 bits per heavy atom. The molecule has 0 aliphatic carbocycles. The molecule has 1 fully saturated rings. The van der Waals surface area contributed by atoms with E-state index in [-0.39, 0.29) is 5.69 Å². The maximum atomic E-state index is 13.1. The van der Waals surface area contributed by atoms with Gasteiger partial charge in [-0.3, -0.25) is 14.5 Å². The van der Waals surface area contributed by atoms with Gasteiger partial charge in [-0.1, -0.05) is 36.4 Å². The molecule has 2 aromatic carbocycles. The molecule has 1 heterocycles. The minimum Gasteiger partial charge on any atom is -0.348 e. The zero-order valence-electron chi connectivity index (χ0n) is 15.2. The Bertz CT molecular complexity index is 774. The Hall–Kier alpha value is -2.73. The van der Waals surface area contributed by atoms with E-state index < -0.39 is 17.6 Å². The van der Waals surface area contributed by atoms with Gasteiger partial charge in [0, 0.05) is 18.8 Å². The number of anilines is 1. The van der Waals surface area contributed by atoms with Crippen LogP contribution in [-0.4, -0.2) is 36.3 Å². The minimum absolute atomic E-state index is 0.268.